The number of carbonyl (C=O) groups is 1. The normalized spacial score (nSPS) is 13.0. The van der Waals surface area contributed by atoms with Crippen molar-refractivity contribution in [3.8, 4) is 0 Å². The standard InChI is InChI=1S/C23H31NO/c1-15(2)23(6,7)21(19-11-9-8-10-12-19)24-22(25)20-17(4)13-16(3)14-18(20)5/h8-15,21H,1-7H3,(H,24,25). The van der Waals surface area contributed by atoms with Gasteiger partial charge >= 0.3 is 0 Å². The fourth-order valence-electron chi connectivity index (χ4n) is 3.42. The highest BCUT2D eigenvalue weighted by atomic mass is 16.1. The SMILES string of the molecule is Cc1cc(C)c(C(=O)NC(c2ccccc2)C(C)(C)C(C)C)c(C)c1. The first-order valence-corrected chi connectivity index (χ1v) is 9.08. The Bertz CT molecular complexity index is 721. The molecule has 0 aliphatic rings. The third-order valence-electron chi connectivity index (χ3n) is 5.54. The van der Waals surface area contributed by atoms with Crippen LogP contribution in [0.2, 0.25) is 0 Å². The lowest BCUT2D eigenvalue weighted by molar-refractivity contribution is 0.0855. The van der Waals surface area contributed by atoms with Crippen LogP contribution in [0.4, 0.5) is 0 Å². The fourth-order valence-corrected chi connectivity index (χ4v) is 3.42. The van der Waals surface area contributed by atoms with Gasteiger partial charge in [-0.1, -0.05) is 75.7 Å². The van der Waals surface area contributed by atoms with E-state index >= 15 is 0 Å². The van der Waals surface area contributed by atoms with Crippen molar-refractivity contribution in [2.24, 2.45) is 11.3 Å². The summed E-state index contributed by atoms with van der Waals surface area (Å²) in [6.07, 6.45) is 0. The topological polar surface area (TPSA) is 29.1 Å². The summed E-state index contributed by atoms with van der Waals surface area (Å²) in [6.45, 7) is 15.0. The molecule has 0 bridgehead atoms. The first-order chi connectivity index (χ1) is 11.6. The monoisotopic (exact) mass is 337 g/mol. The van der Waals surface area contributed by atoms with E-state index in [0.717, 1.165) is 22.3 Å². The highest BCUT2D eigenvalue weighted by Gasteiger charge is 2.35. The van der Waals surface area contributed by atoms with Crippen LogP contribution < -0.4 is 5.32 Å². The van der Waals surface area contributed by atoms with Gasteiger partial charge in [-0.25, -0.2) is 0 Å². The van der Waals surface area contributed by atoms with E-state index in [1.165, 1.54) is 5.56 Å². The van der Waals surface area contributed by atoms with Crippen molar-refractivity contribution < 1.29 is 4.79 Å². The Morgan fingerprint density at radius 1 is 0.960 bits per heavy atom. The van der Waals surface area contributed by atoms with E-state index < -0.39 is 0 Å². The van der Waals surface area contributed by atoms with Gasteiger partial charge in [0.15, 0.2) is 0 Å². The Hall–Kier alpha value is -2.09. The van der Waals surface area contributed by atoms with E-state index in [1.807, 2.05) is 32.0 Å². The second-order valence-electron chi connectivity index (χ2n) is 8.07. The molecule has 2 nitrogen and oxygen atoms in total. The maximum atomic E-state index is 13.1. The van der Waals surface area contributed by atoms with Crippen LogP contribution >= 0.6 is 0 Å². The molecular weight excluding hydrogens is 306 g/mol. The van der Waals surface area contributed by atoms with Crippen LogP contribution in [0.3, 0.4) is 0 Å². The number of amides is 1. The van der Waals surface area contributed by atoms with Gasteiger partial charge in [-0.2, -0.15) is 0 Å². The van der Waals surface area contributed by atoms with Gasteiger partial charge in [-0.3, -0.25) is 4.79 Å². The van der Waals surface area contributed by atoms with Crippen LogP contribution in [-0.4, -0.2) is 5.91 Å². The van der Waals surface area contributed by atoms with Crippen molar-refractivity contribution in [1.82, 2.24) is 5.32 Å². The smallest absolute Gasteiger partial charge is 0.252 e. The summed E-state index contributed by atoms with van der Waals surface area (Å²) in [7, 11) is 0. The van der Waals surface area contributed by atoms with Gasteiger partial charge in [-0.05, 0) is 48.8 Å². The van der Waals surface area contributed by atoms with E-state index in [1.54, 1.807) is 0 Å². The average Bonchev–Trinajstić information content (AvgIpc) is 2.52. The van der Waals surface area contributed by atoms with Crippen LogP contribution in [0.5, 0.6) is 0 Å². The van der Waals surface area contributed by atoms with E-state index in [9.17, 15) is 4.79 Å². The predicted octanol–water partition coefficient (Wildman–Crippen LogP) is 5.77. The third kappa shape index (κ3) is 4.12. The van der Waals surface area contributed by atoms with E-state index in [-0.39, 0.29) is 17.4 Å². The van der Waals surface area contributed by atoms with Gasteiger partial charge in [0, 0.05) is 5.56 Å². The minimum absolute atomic E-state index is 0.0116. The van der Waals surface area contributed by atoms with E-state index in [0.29, 0.717) is 5.92 Å². The lowest BCUT2D eigenvalue weighted by Crippen LogP contribution is -2.41. The summed E-state index contributed by atoms with van der Waals surface area (Å²) >= 11 is 0. The van der Waals surface area contributed by atoms with Gasteiger partial charge < -0.3 is 5.32 Å². The van der Waals surface area contributed by atoms with Crippen LogP contribution in [0.1, 0.15) is 66.3 Å². The molecule has 2 rings (SSSR count). The molecular formula is C23H31NO. The molecule has 2 heteroatoms. The molecule has 0 saturated carbocycles. The highest BCUT2D eigenvalue weighted by Crippen LogP contribution is 2.40. The Morgan fingerprint density at radius 2 is 1.48 bits per heavy atom. The number of carbonyl (C=O) groups excluding carboxylic acids is 1. The van der Waals surface area contributed by atoms with Gasteiger partial charge in [-0.15, -0.1) is 0 Å². The molecule has 0 radical (unpaired) electrons. The van der Waals surface area contributed by atoms with Crippen LogP contribution in [0.15, 0.2) is 42.5 Å². The van der Waals surface area contributed by atoms with Crippen molar-refractivity contribution in [2.75, 3.05) is 0 Å². The third-order valence-corrected chi connectivity index (χ3v) is 5.54. The zero-order valence-corrected chi connectivity index (χ0v) is 16.6. The maximum absolute atomic E-state index is 13.1. The summed E-state index contributed by atoms with van der Waals surface area (Å²) in [4.78, 5) is 13.1. The molecule has 1 N–H and O–H groups in total. The first-order valence-electron chi connectivity index (χ1n) is 9.08. The van der Waals surface area contributed by atoms with Crippen LogP contribution in [0, 0.1) is 32.1 Å². The molecule has 0 saturated heterocycles. The second-order valence-corrected chi connectivity index (χ2v) is 8.07. The van der Waals surface area contributed by atoms with E-state index in [4.69, 9.17) is 0 Å². The summed E-state index contributed by atoms with van der Waals surface area (Å²) in [5, 5.41) is 3.33. The van der Waals surface area contributed by atoms with Gasteiger partial charge in [0.05, 0.1) is 6.04 Å². The summed E-state index contributed by atoms with van der Waals surface area (Å²) in [5.74, 6) is 0.441. The zero-order chi connectivity index (χ0) is 18.8. The molecule has 0 heterocycles. The Morgan fingerprint density at radius 3 is 1.96 bits per heavy atom. The fraction of sp³-hybridized carbons (Fsp3) is 0.435. The molecule has 1 atom stereocenters. The molecule has 134 valence electrons. The lowest BCUT2D eigenvalue weighted by Gasteiger charge is -2.39. The van der Waals surface area contributed by atoms with Crippen molar-refractivity contribution >= 4 is 5.91 Å². The van der Waals surface area contributed by atoms with Gasteiger partial charge in [0.25, 0.3) is 5.91 Å². The van der Waals surface area contributed by atoms with Crippen molar-refractivity contribution in [2.45, 2.75) is 54.5 Å². The highest BCUT2D eigenvalue weighted by molar-refractivity contribution is 5.97. The minimum Gasteiger partial charge on any atom is -0.345 e. The second kappa shape index (κ2) is 7.43. The molecule has 1 unspecified atom stereocenters. The molecule has 2 aromatic carbocycles. The van der Waals surface area contributed by atoms with Crippen molar-refractivity contribution in [3.63, 3.8) is 0 Å². The molecule has 0 fully saturated rings. The predicted molar refractivity (Wildman–Crippen MR) is 106 cm³/mol. The number of hydrogen-bond acceptors (Lipinski definition) is 1. The zero-order valence-electron chi connectivity index (χ0n) is 16.6. The Labute approximate surface area is 152 Å². The molecule has 2 aromatic rings. The van der Waals surface area contributed by atoms with Crippen molar-refractivity contribution in [3.05, 3.63) is 70.3 Å². The molecule has 25 heavy (non-hydrogen) atoms. The van der Waals surface area contributed by atoms with Gasteiger partial charge in [0.2, 0.25) is 0 Å². The molecule has 1 amide bonds. The largest absolute Gasteiger partial charge is 0.345 e. The summed E-state index contributed by atoms with van der Waals surface area (Å²) in [6, 6.07) is 14.4. The average molecular weight is 338 g/mol. The number of nitrogens with one attached hydrogen (secondary N) is 1. The summed E-state index contributed by atoms with van der Waals surface area (Å²) < 4.78 is 0. The molecule has 0 aromatic heterocycles. The minimum atomic E-state index is -0.0660. The Balaban J connectivity index is 2.43. The van der Waals surface area contributed by atoms with Gasteiger partial charge in [0.1, 0.15) is 0 Å². The van der Waals surface area contributed by atoms with Crippen molar-refractivity contribution in [1.29, 1.82) is 0 Å². The number of rotatable bonds is 5. The first kappa shape index (κ1) is 19.2. The number of aryl methyl sites for hydroxylation is 3. The maximum Gasteiger partial charge on any atom is 0.252 e. The Kier molecular flexibility index (Phi) is 5.72. The number of benzene rings is 2. The number of hydrogen-bond donors (Lipinski definition) is 1. The summed E-state index contributed by atoms with van der Waals surface area (Å²) in [5.41, 5.74) is 5.13. The molecule has 0 aliphatic carbocycles. The van der Waals surface area contributed by atoms with Crippen LogP contribution in [-0.2, 0) is 0 Å². The van der Waals surface area contributed by atoms with Crippen LogP contribution in [0.25, 0.3) is 0 Å². The lowest BCUT2D eigenvalue weighted by atomic mass is 9.72. The quantitative estimate of drug-likeness (QED) is 0.738. The molecule has 0 spiro atoms. The molecule has 0 aliphatic heterocycles. The van der Waals surface area contributed by atoms with E-state index in [2.05, 4.69) is 64.2 Å².